The third kappa shape index (κ3) is 4.68. The van der Waals surface area contributed by atoms with Crippen LogP contribution in [0.2, 0.25) is 0 Å². The number of carbonyl (C=O) groups excluding carboxylic acids is 1. The van der Waals surface area contributed by atoms with Crippen molar-refractivity contribution in [3.8, 4) is 0 Å². The van der Waals surface area contributed by atoms with E-state index in [0.717, 1.165) is 6.42 Å². The van der Waals surface area contributed by atoms with Crippen molar-refractivity contribution in [1.29, 1.82) is 0 Å². The van der Waals surface area contributed by atoms with Gasteiger partial charge in [0.05, 0.1) is 17.5 Å². The number of amides is 1. The number of hydrogen-bond donors (Lipinski definition) is 2. The van der Waals surface area contributed by atoms with Gasteiger partial charge in [0.1, 0.15) is 0 Å². The predicted octanol–water partition coefficient (Wildman–Crippen LogP) is 0.985. The summed E-state index contributed by atoms with van der Waals surface area (Å²) in [4.78, 5) is 12.3. The number of benzene rings is 1. The number of ether oxygens (including phenoxy) is 1. The Morgan fingerprint density at radius 1 is 1.20 bits per heavy atom. The minimum atomic E-state index is -3.59. The smallest absolute Gasteiger partial charge is 0.251 e. The van der Waals surface area contributed by atoms with E-state index in [1.54, 1.807) is 0 Å². The highest BCUT2D eigenvalue weighted by molar-refractivity contribution is 7.89. The van der Waals surface area contributed by atoms with Crippen LogP contribution < -0.4 is 10.0 Å². The maximum Gasteiger partial charge on any atom is 0.251 e. The Bertz CT molecular complexity index is 795. The van der Waals surface area contributed by atoms with E-state index in [9.17, 15) is 13.2 Å². The van der Waals surface area contributed by atoms with Crippen molar-refractivity contribution in [2.45, 2.75) is 23.9 Å². The molecule has 2 aromatic rings. The molecule has 1 unspecified atom stereocenters. The summed E-state index contributed by atoms with van der Waals surface area (Å²) in [5.41, 5.74) is 0.429. The fraction of sp³-hybridized carbons (Fsp3) is 0.353. The van der Waals surface area contributed by atoms with E-state index in [-0.39, 0.29) is 16.8 Å². The molecule has 1 aliphatic heterocycles. The average Bonchev–Trinajstić information content (AvgIpc) is 3.29. The molecule has 1 atom stereocenters. The van der Waals surface area contributed by atoms with Crippen molar-refractivity contribution < 1.29 is 17.9 Å². The van der Waals surface area contributed by atoms with Gasteiger partial charge in [-0.15, -0.1) is 0 Å². The summed E-state index contributed by atoms with van der Waals surface area (Å²) < 4.78 is 34.2. The molecule has 2 heterocycles. The molecule has 7 nitrogen and oxygen atoms in total. The lowest BCUT2D eigenvalue weighted by Crippen LogP contribution is -2.35. The van der Waals surface area contributed by atoms with Crippen LogP contribution in [-0.4, -0.2) is 44.7 Å². The molecule has 2 N–H and O–H groups in total. The Morgan fingerprint density at radius 2 is 1.92 bits per heavy atom. The van der Waals surface area contributed by atoms with E-state index in [0.29, 0.717) is 31.9 Å². The van der Waals surface area contributed by atoms with Crippen LogP contribution in [0.15, 0.2) is 53.7 Å². The van der Waals surface area contributed by atoms with E-state index < -0.39 is 10.0 Å². The van der Waals surface area contributed by atoms with Crippen LogP contribution in [0.4, 0.5) is 0 Å². The van der Waals surface area contributed by atoms with Crippen LogP contribution in [0.25, 0.3) is 0 Å². The van der Waals surface area contributed by atoms with Crippen LogP contribution in [0.5, 0.6) is 0 Å². The second-order valence-electron chi connectivity index (χ2n) is 5.88. The number of nitrogens with zero attached hydrogens (tertiary/aromatic N) is 1. The molecule has 134 valence electrons. The summed E-state index contributed by atoms with van der Waals surface area (Å²) in [6, 6.07) is 9.71. The molecule has 1 aliphatic rings. The van der Waals surface area contributed by atoms with Gasteiger partial charge in [-0.2, -0.15) is 0 Å². The molecular weight excluding hydrogens is 342 g/mol. The molecule has 1 saturated heterocycles. The summed E-state index contributed by atoms with van der Waals surface area (Å²) in [7, 11) is -3.59. The highest BCUT2D eigenvalue weighted by Crippen LogP contribution is 2.12. The average molecular weight is 363 g/mol. The fourth-order valence-corrected chi connectivity index (χ4v) is 3.64. The Hall–Kier alpha value is -2.16. The summed E-state index contributed by atoms with van der Waals surface area (Å²) in [6.07, 6.45) is 4.54. The normalized spacial score (nSPS) is 17.5. The van der Waals surface area contributed by atoms with Crippen molar-refractivity contribution in [2.24, 2.45) is 0 Å². The minimum Gasteiger partial charge on any atom is -0.379 e. The quantitative estimate of drug-likeness (QED) is 0.768. The molecule has 1 amide bonds. The molecule has 1 fully saturated rings. The number of carbonyl (C=O) groups is 1. The Labute approximate surface area is 147 Å². The standard InChI is InChI=1S/C17H21N3O4S/c21-17(19-15-7-12-24-13-15)14-3-5-16(6-4-14)25(22,23)18-8-11-20-9-1-2-10-20/h1-6,9-10,15,18H,7-8,11-13H2,(H,19,21). The lowest BCUT2D eigenvalue weighted by atomic mass is 10.2. The SMILES string of the molecule is O=C(NC1CCOC1)c1ccc(S(=O)(=O)NCCn2cccc2)cc1. The van der Waals surface area contributed by atoms with Gasteiger partial charge in [0.2, 0.25) is 10.0 Å². The van der Waals surface area contributed by atoms with Gasteiger partial charge in [0.15, 0.2) is 0 Å². The largest absolute Gasteiger partial charge is 0.379 e. The van der Waals surface area contributed by atoms with Gasteiger partial charge in [-0.25, -0.2) is 13.1 Å². The maximum absolute atomic E-state index is 12.3. The number of aromatic nitrogens is 1. The first-order valence-electron chi connectivity index (χ1n) is 8.14. The maximum atomic E-state index is 12.3. The summed E-state index contributed by atoms with van der Waals surface area (Å²) in [5, 5.41) is 2.87. The van der Waals surface area contributed by atoms with Crippen molar-refractivity contribution in [2.75, 3.05) is 19.8 Å². The van der Waals surface area contributed by atoms with E-state index in [4.69, 9.17) is 4.74 Å². The highest BCUT2D eigenvalue weighted by atomic mass is 32.2. The van der Waals surface area contributed by atoms with Crippen LogP contribution >= 0.6 is 0 Å². The van der Waals surface area contributed by atoms with E-state index in [1.165, 1.54) is 24.3 Å². The van der Waals surface area contributed by atoms with E-state index in [2.05, 4.69) is 10.0 Å². The molecule has 3 rings (SSSR count). The van der Waals surface area contributed by atoms with Crippen LogP contribution in [0, 0.1) is 0 Å². The van der Waals surface area contributed by atoms with Gasteiger partial charge in [-0.3, -0.25) is 4.79 Å². The highest BCUT2D eigenvalue weighted by Gasteiger charge is 2.19. The first kappa shape index (κ1) is 17.7. The molecule has 0 aliphatic carbocycles. The number of rotatable bonds is 7. The van der Waals surface area contributed by atoms with E-state index in [1.807, 2.05) is 29.1 Å². The van der Waals surface area contributed by atoms with Gasteiger partial charge in [0.25, 0.3) is 5.91 Å². The molecule has 8 heteroatoms. The number of hydrogen-bond acceptors (Lipinski definition) is 4. The molecule has 0 spiro atoms. The van der Waals surface area contributed by atoms with E-state index >= 15 is 0 Å². The Kier molecular flexibility index (Phi) is 5.52. The summed E-state index contributed by atoms with van der Waals surface area (Å²) in [6.45, 7) is 2.01. The second-order valence-corrected chi connectivity index (χ2v) is 7.64. The zero-order valence-electron chi connectivity index (χ0n) is 13.7. The molecule has 1 aromatic heterocycles. The van der Waals surface area contributed by atoms with Crippen molar-refractivity contribution >= 4 is 15.9 Å². The van der Waals surface area contributed by atoms with Gasteiger partial charge >= 0.3 is 0 Å². The van der Waals surface area contributed by atoms with Gasteiger partial charge in [0, 0.05) is 37.7 Å². The number of sulfonamides is 1. The third-order valence-corrected chi connectivity index (χ3v) is 5.50. The fourth-order valence-electron chi connectivity index (χ4n) is 2.61. The minimum absolute atomic E-state index is 0.0197. The third-order valence-electron chi connectivity index (χ3n) is 4.02. The molecule has 0 bridgehead atoms. The topological polar surface area (TPSA) is 89.4 Å². The van der Waals surface area contributed by atoms with Crippen LogP contribution in [-0.2, 0) is 21.3 Å². The second kappa shape index (κ2) is 7.81. The zero-order chi connectivity index (χ0) is 17.7. The van der Waals surface area contributed by atoms with Crippen LogP contribution in [0.3, 0.4) is 0 Å². The lowest BCUT2D eigenvalue weighted by molar-refractivity contribution is 0.0930. The number of nitrogens with one attached hydrogen (secondary N) is 2. The Morgan fingerprint density at radius 3 is 2.56 bits per heavy atom. The molecule has 0 radical (unpaired) electrons. The summed E-state index contributed by atoms with van der Waals surface area (Å²) in [5.74, 6) is -0.222. The first-order chi connectivity index (χ1) is 12.0. The molecular formula is C17H21N3O4S. The molecule has 1 aromatic carbocycles. The molecule has 0 saturated carbocycles. The van der Waals surface area contributed by atoms with Gasteiger partial charge < -0.3 is 14.6 Å². The monoisotopic (exact) mass is 363 g/mol. The predicted molar refractivity (Wildman–Crippen MR) is 92.8 cm³/mol. The Balaban J connectivity index is 1.57. The van der Waals surface area contributed by atoms with Crippen molar-refractivity contribution in [3.63, 3.8) is 0 Å². The zero-order valence-corrected chi connectivity index (χ0v) is 14.5. The van der Waals surface area contributed by atoms with Crippen molar-refractivity contribution in [1.82, 2.24) is 14.6 Å². The lowest BCUT2D eigenvalue weighted by Gasteiger charge is -2.11. The van der Waals surface area contributed by atoms with Crippen molar-refractivity contribution in [3.05, 3.63) is 54.4 Å². The van der Waals surface area contributed by atoms with Gasteiger partial charge in [-0.05, 0) is 42.8 Å². The summed E-state index contributed by atoms with van der Waals surface area (Å²) >= 11 is 0. The van der Waals surface area contributed by atoms with Gasteiger partial charge in [-0.1, -0.05) is 0 Å². The molecule has 25 heavy (non-hydrogen) atoms. The van der Waals surface area contributed by atoms with Crippen LogP contribution in [0.1, 0.15) is 16.8 Å². The first-order valence-corrected chi connectivity index (χ1v) is 9.62.